The zero-order valence-corrected chi connectivity index (χ0v) is 18.7. The minimum absolute atomic E-state index is 0.125. The van der Waals surface area contributed by atoms with Crippen molar-refractivity contribution >= 4 is 17.6 Å². The number of nitrogens with zero attached hydrogens (tertiary/aromatic N) is 3. The molecular formula is C24H33N5O2. The second-order valence-corrected chi connectivity index (χ2v) is 7.77. The highest BCUT2D eigenvalue weighted by atomic mass is 16.5. The lowest BCUT2D eigenvalue weighted by Crippen LogP contribution is -2.52. The average Bonchev–Trinajstić information content (AvgIpc) is 2.77. The summed E-state index contributed by atoms with van der Waals surface area (Å²) in [5.74, 6) is 1.06. The molecule has 1 heterocycles. The molecular weight excluding hydrogens is 390 g/mol. The molecule has 0 spiro atoms. The molecule has 1 saturated heterocycles. The quantitative estimate of drug-likeness (QED) is 0.528. The van der Waals surface area contributed by atoms with Crippen LogP contribution in [0, 0.1) is 13.8 Å². The number of nitrogens with two attached hydrogens (primary N) is 1. The second-order valence-electron chi connectivity index (χ2n) is 7.77. The summed E-state index contributed by atoms with van der Waals surface area (Å²) in [6.45, 7) is 11.4. The Balaban J connectivity index is 1.63. The molecule has 0 saturated carbocycles. The third-order valence-corrected chi connectivity index (χ3v) is 5.52. The van der Waals surface area contributed by atoms with Crippen molar-refractivity contribution in [2.24, 2.45) is 10.7 Å². The molecule has 1 aliphatic heterocycles. The van der Waals surface area contributed by atoms with Gasteiger partial charge in [-0.3, -0.25) is 4.79 Å². The van der Waals surface area contributed by atoms with Crippen LogP contribution in [0.5, 0.6) is 5.75 Å². The molecule has 31 heavy (non-hydrogen) atoms. The summed E-state index contributed by atoms with van der Waals surface area (Å²) in [7, 11) is 0. The van der Waals surface area contributed by atoms with Gasteiger partial charge in [0.25, 0.3) is 5.91 Å². The number of nitrogens with one attached hydrogen (secondary N) is 1. The van der Waals surface area contributed by atoms with Crippen molar-refractivity contribution in [1.29, 1.82) is 0 Å². The Labute approximate surface area is 184 Å². The van der Waals surface area contributed by atoms with E-state index in [9.17, 15) is 4.79 Å². The highest BCUT2D eigenvalue weighted by Gasteiger charge is 2.21. The molecule has 7 nitrogen and oxygen atoms in total. The lowest BCUT2D eigenvalue weighted by Gasteiger charge is -2.38. The first-order valence-electron chi connectivity index (χ1n) is 10.8. The van der Waals surface area contributed by atoms with Gasteiger partial charge >= 0.3 is 0 Å². The van der Waals surface area contributed by atoms with Gasteiger partial charge in [0.1, 0.15) is 5.75 Å². The summed E-state index contributed by atoms with van der Waals surface area (Å²) in [6.07, 6.45) is 0. The number of anilines is 1. The molecule has 1 fully saturated rings. The van der Waals surface area contributed by atoms with Crippen molar-refractivity contribution in [2.75, 3.05) is 44.2 Å². The largest absolute Gasteiger partial charge is 0.484 e. The molecule has 1 aliphatic rings. The number of amides is 1. The van der Waals surface area contributed by atoms with Crippen LogP contribution in [0.2, 0.25) is 0 Å². The van der Waals surface area contributed by atoms with Gasteiger partial charge in [0.15, 0.2) is 12.6 Å². The molecule has 0 aromatic heterocycles. The molecule has 0 radical (unpaired) electrons. The number of guanidine groups is 1. The van der Waals surface area contributed by atoms with Gasteiger partial charge in [-0.15, -0.1) is 0 Å². The van der Waals surface area contributed by atoms with Gasteiger partial charge in [0.05, 0.1) is 6.54 Å². The fourth-order valence-electron chi connectivity index (χ4n) is 3.72. The van der Waals surface area contributed by atoms with Crippen LogP contribution in [0.25, 0.3) is 0 Å². The third-order valence-electron chi connectivity index (χ3n) is 5.52. The number of benzene rings is 2. The number of primary amides is 1. The van der Waals surface area contributed by atoms with Crippen LogP contribution in [-0.4, -0.2) is 56.1 Å². The number of hydrogen-bond acceptors (Lipinski definition) is 4. The van der Waals surface area contributed by atoms with Gasteiger partial charge in [0, 0.05) is 38.4 Å². The first-order chi connectivity index (χ1) is 15.0. The van der Waals surface area contributed by atoms with Crippen LogP contribution in [0.3, 0.4) is 0 Å². The Morgan fingerprint density at radius 2 is 1.87 bits per heavy atom. The van der Waals surface area contributed by atoms with E-state index in [0.717, 1.165) is 44.2 Å². The van der Waals surface area contributed by atoms with E-state index >= 15 is 0 Å². The van der Waals surface area contributed by atoms with E-state index < -0.39 is 5.91 Å². The molecule has 166 valence electrons. The molecule has 0 aliphatic carbocycles. The van der Waals surface area contributed by atoms with Crippen LogP contribution in [0.1, 0.15) is 23.6 Å². The minimum atomic E-state index is -0.488. The highest BCUT2D eigenvalue weighted by Crippen LogP contribution is 2.24. The minimum Gasteiger partial charge on any atom is -0.484 e. The molecule has 3 rings (SSSR count). The third kappa shape index (κ3) is 6.13. The van der Waals surface area contributed by atoms with Crippen LogP contribution in [0.4, 0.5) is 5.69 Å². The van der Waals surface area contributed by atoms with Crippen LogP contribution < -0.4 is 20.7 Å². The Morgan fingerprint density at radius 1 is 1.13 bits per heavy atom. The number of aryl methyl sites for hydroxylation is 1. The molecule has 2 aromatic rings. The van der Waals surface area contributed by atoms with Crippen LogP contribution in [0.15, 0.2) is 47.5 Å². The van der Waals surface area contributed by atoms with E-state index in [1.807, 2.05) is 24.3 Å². The van der Waals surface area contributed by atoms with Gasteiger partial charge < -0.3 is 25.6 Å². The number of piperazine rings is 1. The van der Waals surface area contributed by atoms with E-state index in [1.54, 1.807) is 0 Å². The Kier molecular flexibility index (Phi) is 7.76. The van der Waals surface area contributed by atoms with Crippen molar-refractivity contribution < 1.29 is 9.53 Å². The molecule has 3 N–H and O–H groups in total. The summed E-state index contributed by atoms with van der Waals surface area (Å²) >= 11 is 0. The Morgan fingerprint density at radius 3 is 2.58 bits per heavy atom. The summed E-state index contributed by atoms with van der Waals surface area (Å²) in [5.41, 5.74) is 10.2. The Bertz CT molecular complexity index is 920. The van der Waals surface area contributed by atoms with E-state index in [4.69, 9.17) is 15.5 Å². The summed E-state index contributed by atoms with van der Waals surface area (Å²) in [5, 5.41) is 3.42. The van der Waals surface area contributed by atoms with Crippen molar-refractivity contribution in [3.63, 3.8) is 0 Å². The van der Waals surface area contributed by atoms with E-state index in [2.05, 4.69) is 54.1 Å². The average molecular weight is 424 g/mol. The van der Waals surface area contributed by atoms with E-state index in [-0.39, 0.29) is 6.61 Å². The molecule has 0 bridgehead atoms. The number of carbonyl (C=O) groups is 1. The predicted octanol–water partition coefficient (Wildman–Crippen LogP) is 2.46. The SMILES string of the molecule is CCNC(=NCc1cccc(OCC(N)=O)c1)N1CCN(c2cccc(C)c2C)CC1. The number of carbonyl (C=O) groups excluding carboxylic acids is 1. The maximum atomic E-state index is 10.9. The van der Waals surface area contributed by atoms with Gasteiger partial charge in [-0.05, 0) is 55.7 Å². The molecule has 2 aromatic carbocycles. The lowest BCUT2D eigenvalue weighted by molar-refractivity contribution is -0.119. The fourth-order valence-corrected chi connectivity index (χ4v) is 3.72. The zero-order chi connectivity index (χ0) is 22.2. The van der Waals surface area contributed by atoms with Gasteiger partial charge in [-0.2, -0.15) is 0 Å². The molecule has 1 amide bonds. The van der Waals surface area contributed by atoms with Crippen molar-refractivity contribution in [3.8, 4) is 5.75 Å². The Hall–Kier alpha value is -3.22. The molecule has 7 heteroatoms. The normalized spacial score (nSPS) is 14.5. The zero-order valence-electron chi connectivity index (χ0n) is 18.7. The maximum absolute atomic E-state index is 10.9. The first-order valence-corrected chi connectivity index (χ1v) is 10.8. The van der Waals surface area contributed by atoms with Crippen molar-refractivity contribution in [3.05, 3.63) is 59.2 Å². The summed E-state index contributed by atoms with van der Waals surface area (Å²) in [4.78, 5) is 20.5. The van der Waals surface area contributed by atoms with Crippen molar-refractivity contribution in [2.45, 2.75) is 27.3 Å². The maximum Gasteiger partial charge on any atom is 0.255 e. The number of ether oxygens (including phenoxy) is 1. The smallest absolute Gasteiger partial charge is 0.255 e. The lowest BCUT2D eigenvalue weighted by atomic mass is 10.1. The number of rotatable bonds is 7. The molecule has 0 atom stereocenters. The van der Waals surface area contributed by atoms with Gasteiger partial charge in [-0.25, -0.2) is 4.99 Å². The van der Waals surface area contributed by atoms with Gasteiger partial charge in [0.2, 0.25) is 0 Å². The highest BCUT2D eigenvalue weighted by molar-refractivity contribution is 5.80. The van der Waals surface area contributed by atoms with E-state index in [1.165, 1.54) is 16.8 Å². The summed E-state index contributed by atoms with van der Waals surface area (Å²) < 4.78 is 5.40. The van der Waals surface area contributed by atoms with Crippen LogP contribution >= 0.6 is 0 Å². The van der Waals surface area contributed by atoms with Crippen molar-refractivity contribution in [1.82, 2.24) is 10.2 Å². The van der Waals surface area contributed by atoms with Gasteiger partial charge in [-0.1, -0.05) is 24.3 Å². The summed E-state index contributed by atoms with van der Waals surface area (Å²) in [6, 6.07) is 14.1. The second kappa shape index (κ2) is 10.7. The monoisotopic (exact) mass is 423 g/mol. The molecule has 0 unspecified atom stereocenters. The topological polar surface area (TPSA) is 83.2 Å². The number of aliphatic imine (C=N–C) groups is 1. The fraction of sp³-hybridized carbons (Fsp3) is 0.417. The first kappa shape index (κ1) is 22.5. The van der Waals surface area contributed by atoms with Crippen LogP contribution in [-0.2, 0) is 11.3 Å². The number of hydrogen-bond donors (Lipinski definition) is 2. The predicted molar refractivity (Wildman–Crippen MR) is 126 cm³/mol. The standard InChI is InChI=1S/C24H33N5O2/c1-4-26-24(27-16-20-8-6-9-21(15-20)31-17-23(25)30)29-13-11-28(12-14-29)22-10-5-7-18(2)19(22)3/h5-10,15H,4,11-14,16-17H2,1-3H3,(H2,25,30)(H,26,27). The van der Waals surface area contributed by atoms with E-state index in [0.29, 0.717) is 12.3 Å².